The molecule has 2 aromatic heterocycles. The summed E-state index contributed by atoms with van der Waals surface area (Å²) >= 11 is 3.09. The molecular formula is C12H12N2O2S2. The van der Waals surface area contributed by atoms with E-state index in [0.717, 1.165) is 10.6 Å². The molecule has 4 nitrogen and oxygen atoms in total. The summed E-state index contributed by atoms with van der Waals surface area (Å²) in [6.45, 7) is 0. The number of carbonyl (C=O) groups excluding carboxylic acids is 1. The van der Waals surface area contributed by atoms with Crippen molar-refractivity contribution in [3.63, 3.8) is 0 Å². The van der Waals surface area contributed by atoms with Crippen LogP contribution in [0.25, 0.3) is 10.6 Å². The Balaban J connectivity index is 1.67. The number of hydrogen-bond donors (Lipinski definition) is 2. The number of aromatic nitrogens is 1. The fourth-order valence-corrected chi connectivity index (χ4v) is 3.37. The Hall–Kier alpha value is -1.24. The van der Waals surface area contributed by atoms with Crippen LogP contribution < -0.4 is 5.32 Å². The number of amides is 1. The molecule has 0 bridgehead atoms. The van der Waals surface area contributed by atoms with Crippen molar-refractivity contribution in [3.8, 4) is 10.6 Å². The molecular weight excluding hydrogens is 268 g/mol. The minimum absolute atomic E-state index is 0.0961. The van der Waals surface area contributed by atoms with Gasteiger partial charge in [-0.1, -0.05) is 0 Å². The first-order valence-corrected chi connectivity index (χ1v) is 7.51. The van der Waals surface area contributed by atoms with Gasteiger partial charge >= 0.3 is 0 Å². The fourth-order valence-electron chi connectivity index (χ4n) is 1.86. The Morgan fingerprint density at radius 2 is 2.28 bits per heavy atom. The standard InChI is InChI=1S/C12H12N2O2S2/c15-9-3-8(4-9)13-11(16)10-6-18-12(14-10)7-1-2-17-5-7/h1-2,5-6,8-9,15H,3-4H2,(H,13,16). The third kappa shape index (κ3) is 2.31. The van der Waals surface area contributed by atoms with Crippen LogP contribution in [-0.2, 0) is 0 Å². The molecule has 0 radical (unpaired) electrons. The van der Waals surface area contributed by atoms with E-state index >= 15 is 0 Å². The Kier molecular flexibility index (Phi) is 3.15. The number of aliphatic hydroxyl groups excluding tert-OH is 1. The SMILES string of the molecule is O=C(NC1CC(O)C1)c1csc(-c2ccsc2)n1. The van der Waals surface area contributed by atoms with Gasteiger partial charge < -0.3 is 10.4 Å². The summed E-state index contributed by atoms with van der Waals surface area (Å²) in [7, 11) is 0. The quantitative estimate of drug-likeness (QED) is 0.905. The van der Waals surface area contributed by atoms with Crippen LogP contribution >= 0.6 is 22.7 Å². The predicted molar refractivity (Wildman–Crippen MR) is 71.9 cm³/mol. The molecule has 1 amide bonds. The molecule has 1 saturated carbocycles. The normalized spacial score (nSPS) is 22.5. The second-order valence-corrected chi connectivity index (χ2v) is 5.98. The van der Waals surface area contributed by atoms with Crippen LogP contribution in [0.5, 0.6) is 0 Å². The zero-order valence-corrected chi connectivity index (χ0v) is 11.1. The summed E-state index contributed by atoms with van der Waals surface area (Å²) in [4.78, 5) is 16.2. The van der Waals surface area contributed by atoms with Gasteiger partial charge in [-0.15, -0.1) is 11.3 Å². The molecule has 0 aromatic carbocycles. The van der Waals surface area contributed by atoms with Crippen LogP contribution in [0.15, 0.2) is 22.2 Å². The maximum Gasteiger partial charge on any atom is 0.270 e. The number of nitrogens with one attached hydrogen (secondary N) is 1. The third-order valence-electron chi connectivity index (χ3n) is 2.95. The van der Waals surface area contributed by atoms with Gasteiger partial charge in [-0.25, -0.2) is 4.98 Å². The van der Waals surface area contributed by atoms with Gasteiger partial charge in [0.25, 0.3) is 5.91 Å². The Bertz CT molecular complexity index is 544. The van der Waals surface area contributed by atoms with Crippen molar-refractivity contribution in [2.75, 3.05) is 0 Å². The number of rotatable bonds is 3. The summed E-state index contributed by atoms with van der Waals surface area (Å²) in [5.74, 6) is -0.148. The largest absolute Gasteiger partial charge is 0.393 e. The van der Waals surface area contributed by atoms with E-state index in [2.05, 4.69) is 10.3 Å². The molecule has 2 N–H and O–H groups in total. The van der Waals surface area contributed by atoms with Gasteiger partial charge in [-0.3, -0.25) is 4.79 Å². The molecule has 2 aromatic rings. The molecule has 1 aliphatic rings. The number of carbonyl (C=O) groups is 1. The number of thiazole rings is 1. The van der Waals surface area contributed by atoms with E-state index in [9.17, 15) is 4.79 Å². The van der Waals surface area contributed by atoms with Gasteiger partial charge in [0.05, 0.1) is 6.10 Å². The minimum Gasteiger partial charge on any atom is -0.393 e. The van der Waals surface area contributed by atoms with E-state index in [1.165, 1.54) is 11.3 Å². The van der Waals surface area contributed by atoms with Gasteiger partial charge in [-0.05, 0) is 24.3 Å². The molecule has 0 atom stereocenters. The lowest BCUT2D eigenvalue weighted by Gasteiger charge is -2.31. The molecule has 3 rings (SSSR count). The lowest BCUT2D eigenvalue weighted by Crippen LogP contribution is -2.46. The van der Waals surface area contributed by atoms with E-state index in [4.69, 9.17) is 5.11 Å². The van der Waals surface area contributed by atoms with Crippen LogP contribution in [-0.4, -0.2) is 28.1 Å². The van der Waals surface area contributed by atoms with E-state index in [-0.39, 0.29) is 18.1 Å². The Morgan fingerprint density at radius 1 is 1.44 bits per heavy atom. The molecule has 1 aliphatic carbocycles. The first-order chi connectivity index (χ1) is 8.72. The van der Waals surface area contributed by atoms with Crippen molar-refractivity contribution in [3.05, 3.63) is 27.9 Å². The van der Waals surface area contributed by atoms with Crippen molar-refractivity contribution < 1.29 is 9.90 Å². The summed E-state index contributed by atoms with van der Waals surface area (Å²) in [5.41, 5.74) is 1.52. The van der Waals surface area contributed by atoms with Crippen molar-refractivity contribution in [1.29, 1.82) is 0 Å². The maximum absolute atomic E-state index is 11.9. The number of nitrogens with zero attached hydrogens (tertiary/aromatic N) is 1. The second-order valence-electron chi connectivity index (χ2n) is 4.35. The van der Waals surface area contributed by atoms with E-state index in [1.807, 2.05) is 16.8 Å². The van der Waals surface area contributed by atoms with Crippen LogP contribution in [0, 0.1) is 0 Å². The van der Waals surface area contributed by atoms with Gasteiger partial charge in [0, 0.05) is 22.4 Å². The van der Waals surface area contributed by atoms with Crippen molar-refractivity contribution in [2.24, 2.45) is 0 Å². The van der Waals surface area contributed by atoms with Crippen LogP contribution in [0.3, 0.4) is 0 Å². The van der Waals surface area contributed by atoms with Gasteiger partial charge in [0.1, 0.15) is 10.7 Å². The van der Waals surface area contributed by atoms with E-state index in [0.29, 0.717) is 18.5 Å². The monoisotopic (exact) mass is 280 g/mol. The van der Waals surface area contributed by atoms with Crippen molar-refractivity contribution in [1.82, 2.24) is 10.3 Å². The first-order valence-electron chi connectivity index (χ1n) is 5.69. The van der Waals surface area contributed by atoms with Crippen LogP contribution in [0.4, 0.5) is 0 Å². The van der Waals surface area contributed by atoms with Crippen LogP contribution in [0.1, 0.15) is 23.3 Å². The van der Waals surface area contributed by atoms with E-state index in [1.54, 1.807) is 16.7 Å². The third-order valence-corrected chi connectivity index (χ3v) is 4.53. The molecule has 0 saturated heterocycles. The molecule has 0 spiro atoms. The summed E-state index contributed by atoms with van der Waals surface area (Å²) in [6, 6.07) is 2.09. The molecule has 2 heterocycles. The van der Waals surface area contributed by atoms with Crippen molar-refractivity contribution >= 4 is 28.6 Å². The average molecular weight is 280 g/mol. The minimum atomic E-state index is -0.257. The molecule has 18 heavy (non-hydrogen) atoms. The molecule has 6 heteroatoms. The number of aliphatic hydroxyl groups is 1. The molecule has 0 aliphatic heterocycles. The predicted octanol–water partition coefficient (Wildman–Crippen LogP) is 2.12. The average Bonchev–Trinajstić information content (AvgIpc) is 2.97. The fraction of sp³-hybridized carbons (Fsp3) is 0.333. The first kappa shape index (κ1) is 11.8. The molecule has 1 fully saturated rings. The lowest BCUT2D eigenvalue weighted by atomic mass is 9.89. The summed E-state index contributed by atoms with van der Waals surface area (Å²) < 4.78 is 0. The molecule has 0 unspecified atom stereocenters. The topological polar surface area (TPSA) is 62.2 Å². The number of hydrogen-bond acceptors (Lipinski definition) is 5. The Morgan fingerprint density at radius 3 is 2.94 bits per heavy atom. The smallest absolute Gasteiger partial charge is 0.270 e. The zero-order valence-electron chi connectivity index (χ0n) is 9.50. The number of thiophene rings is 1. The highest BCUT2D eigenvalue weighted by molar-refractivity contribution is 7.14. The molecule has 94 valence electrons. The van der Waals surface area contributed by atoms with Gasteiger partial charge in [0.15, 0.2) is 0 Å². The van der Waals surface area contributed by atoms with Crippen molar-refractivity contribution in [2.45, 2.75) is 25.0 Å². The highest BCUT2D eigenvalue weighted by Gasteiger charge is 2.29. The highest BCUT2D eigenvalue weighted by atomic mass is 32.1. The highest BCUT2D eigenvalue weighted by Crippen LogP contribution is 2.26. The summed E-state index contributed by atoms with van der Waals surface area (Å²) in [5, 5.41) is 18.7. The Labute approximate surface area is 112 Å². The second kappa shape index (κ2) is 4.79. The maximum atomic E-state index is 11.9. The van der Waals surface area contributed by atoms with Crippen LogP contribution in [0.2, 0.25) is 0 Å². The van der Waals surface area contributed by atoms with Gasteiger partial charge in [0.2, 0.25) is 0 Å². The lowest BCUT2D eigenvalue weighted by molar-refractivity contribution is 0.0561. The zero-order chi connectivity index (χ0) is 12.5. The van der Waals surface area contributed by atoms with E-state index < -0.39 is 0 Å². The summed E-state index contributed by atoms with van der Waals surface area (Å²) in [6.07, 6.45) is 1.03. The van der Waals surface area contributed by atoms with Gasteiger partial charge in [-0.2, -0.15) is 11.3 Å².